The summed E-state index contributed by atoms with van der Waals surface area (Å²) >= 11 is 3.42. The van der Waals surface area contributed by atoms with Gasteiger partial charge in [-0.1, -0.05) is 0 Å². The number of nitrogen functional groups attached to an aromatic ring is 1. The van der Waals surface area contributed by atoms with Crippen molar-refractivity contribution in [2.75, 3.05) is 17.7 Å². The van der Waals surface area contributed by atoms with Crippen LogP contribution in [-0.2, 0) is 9.53 Å². The van der Waals surface area contributed by atoms with Crippen LogP contribution in [-0.4, -0.2) is 18.6 Å². The summed E-state index contributed by atoms with van der Waals surface area (Å²) in [5.74, 6) is -0.0362. The summed E-state index contributed by atoms with van der Waals surface area (Å²) in [7, 11) is 0. The van der Waals surface area contributed by atoms with Crippen LogP contribution in [0.3, 0.4) is 0 Å². The molecule has 1 amide bonds. The van der Waals surface area contributed by atoms with Crippen LogP contribution in [0.5, 0.6) is 0 Å². The van der Waals surface area contributed by atoms with E-state index in [9.17, 15) is 4.79 Å². The number of anilines is 2. The van der Waals surface area contributed by atoms with Gasteiger partial charge in [0.15, 0.2) is 0 Å². The average Bonchev–Trinajstić information content (AvgIpc) is 2.78. The summed E-state index contributed by atoms with van der Waals surface area (Å²) in [6.45, 7) is 2.69. The van der Waals surface area contributed by atoms with E-state index < -0.39 is 0 Å². The largest absolute Gasteiger partial charge is 0.398 e. The number of aryl methyl sites for hydroxylation is 1. The van der Waals surface area contributed by atoms with Crippen molar-refractivity contribution in [1.82, 2.24) is 0 Å². The fourth-order valence-corrected chi connectivity index (χ4v) is 2.56. The van der Waals surface area contributed by atoms with Crippen molar-refractivity contribution in [2.45, 2.75) is 32.3 Å². The maximum atomic E-state index is 11.9. The van der Waals surface area contributed by atoms with Crippen LogP contribution in [0.4, 0.5) is 11.4 Å². The molecule has 0 bridgehead atoms. The standard InChI is InChI=1S/C13H17BrN2O2/c1-8-5-10(14)12(7-11(8)15)16-13(17)6-9-3-2-4-18-9/h5,7,9H,2-4,6,15H2,1H3,(H,16,17). The van der Waals surface area contributed by atoms with Crippen LogP contribution < -0.4 is 11.1 Å². The second-order valence-corrected chi connectivity index (χ2v) is 5.43. The van der Waals surface area contributed by atoms with Crippen molar-refractivity contribution in [3.05, 3.63) is 22.2 Å². The molecule has 1 atom stereocenters. The molecule has 1 unspecified atom stereocenters. The highest BCUT2D eigenvalue weighted by Crippen LogP contribution is 2.28. The lowest BCUT2D eigenvalue weighted by molar-refractivity contribution is -0.118. The van der Waals surface area contributed by atoms with E-state index in [4.69, 9.17) is 10.5 Å². The van der Waals surface area contributed by atoms with E-state index in [0.717, 1.165) is 29.5 Å². The van der Waals surface area contributed by atoms with Gasteiger partial charge >= 0.3 is 0 Å². The second-order valence-electron chi connectivity index (χ2n) is 4.58. The molecule has 1 heterocycles. The number of nitrogens with two attached hydrogens (primary N) is 1. The number of ether oxygens (including phenoxy) is 1. The topological polar surface area (TPSA) is 64.3 Å². The van der Waals surface area contributed by atoms with Crippen molar-refractivity contribution < 1.29 is 9.53 Å². The van der Waals surface area contributed by atoms with E-state index in [1.54, 1.807) is 6.07 Å². The number of carbonyl (C=O) groups excluding carboxylic acids is 1. The van der Waals surface area contributed by atoms with Gasteiger partial charge in [-0.25, -0.2) is 0 Å². The molecule has 3 N–H and O–H groups in total. The van der Waals surface area contributed by atoms with Crippen LogP contribution in [0, 0.1) is 6.92 Å². The zero-order valence-corrected chi connectivity index (χ0v) is 11.9. The molecule has 4 nitrogen and oxygen atoms in total. The third kappa shape index (κ3) is 3.23. The molecule has 2 rings (SSSR count). The Morgan fingerprint density at radius 2 is 2.39 bits per heavy atom. The third-order valence-corrected chi connectivity index (χ3v) is 3.72. The van der Waals surface area contributed by atoms with Gasteiger partial charge in [0.2, 0.25) is 5.91 Å². The number of carbonyl (C=O) groups is 1. The van der Waals surface area contributed by atoms with Crippen molar-refractivity contribution >= 4 is 33.2 Å². The quantitative estimate of drug-likeness (QED) is 0.843. The van der Waals surface area contributed by atoms with Gasteiger partial charge in [0, 0.05) is 16.8 Å². The highest BCUT2D eigenvalue weighted by molar-refractivity contribution is 9.10. The summed E-state index contributed by atoms with van der Waals surface area (Å²) in [6, 6.07) is 3.67. The van der Waals surface area contributed by atoms with E-state index in [2.05, 4.69) is 21.2 Å². The first kappa shape index (κ1) is 13.4. The number of halogens is 1. The summed E-state index contributed by atoms with van der Waals surface area (Å²) in [5.41, 5.74) is 8.20. The normalized spacial score (nSPS) is 18.9. The molecule has 0 aromatic heterocycles. The number of nitrogens with one attached hydrogen (secondary N) is 1. The first-order valence-corrected chi connectivity index (χ1v) is 6.82. The van der Waals surface area contributed by atoms with E-state index in [-0.39, 0.29) is 12.0 Å². The Morgan fingerprint density at radius 3 is 3.06 bits per heavy atom. The van der Waals surface area contributed by atoms with E-state index >= 15 is 0 Å². The summed E-state index contributed by atoms with van der Waals surface area (Å²) in [6.07, 6.45) is 2.47. The minimum Gasteiger partial charge on any atom is -0.398 e. The zero-order valence-electron chi connectivity index (χ0n) is 10.3. The van der Waals surface area contributed by atoms with Crippen LogP contribution >= 0.6 is 15.9 Å². The highest BCUT2D eigenvalue weighted by Gasteiger charge is 2.19. The molecular weight excluding hydrogens is 296 g/mol. The summed E-state index contributed by atoms with van der Waals surface area (Å²) in [4.78, 5) is 11.9. The Labute approximate surface area is 115 Å². The first-order chi connectivity index (χ1) is 8.56. The molecule has 0 radical (unpaired) electrons. The Morgan fingerprint density at radius 1 is 1.61 bits per heavy atom. The monoisotopic (exact) mass is 312 g/mol. The lowest BCUT2D eigenvalue weighted by Gasteiger charge is -2.12. The van der Waals surface area contributed by atoms with Crippen LogP contribution in [0.25, 0.3) is 0 Å². The summed E-state index contributed by atoms with van der Waals surface area (Å²) < 4.78 is 6.28. The van der Waals surface area contributed by atoms with Gasteiger partial charge in [0.25, 0.3) is 0 Å². The zero-order chi connectivity index (χ0) is 13.1. The molecule has 1 fully saturated rings. The number of rotatable bonds is 3. The molecule has 1 aliphatic heterocycles. The van der Waals surface area contributed by atoms with Crippen molar-refractivity contribution in [1.29, 1.82) is 0 Å². The van der Waals surface area contributed by atoms with E-state index in [1.807, 2.05) is 13.0 Å². The van der Waals surface area contributed by atoms with E-state index in [0.29, 0.717) is 17.8 Å². The molecule has 5 heteroatoms. The molecule has 1 aromatic carbocycles. The number of amides is 1. The smallest absolute Gasteiger partial charge is 0.227 e. The molecule has 1 aliphatic rings. The fourth-order valence-electron chi connectivity index (χ4n) is 2.00. The highest BCUT2D eigenvalue weighted by atomic mass is 79.9. The lowest BCUT2D eigenvalue weighted by atomic mass is 10.1. The number of hydrogen-bond acceptors (Lipinski definition) is 3. The predicted octanol–water partition coefficient (Wildman–Crippen LogP) is 2.85. The predicted molar refractivity (Wildman–Crippen MR) is 75.5 cm³/mol. The van der Waals surface area contributed by atoms with Crippen LogP contribution in [0.1, 0.15) is 24.8 Å². The molecule has 1 saturated heterocycles. The van der Waals surface area contributed by atoms with E-state index in [1.165, 1.54) is 0 Å². The first-order valence-electron chi connectivity index (χ1n) is 6.03. The fraction of sp³-hybridized carbons (Fsp3) is 0.462. The minimum absolute atomic E-state index is 0.0362. The lowest BCUT2D eigenvalue weighted by Crippen LogP contribution is -2.19. The maximum absolute atomic E-state index is 11.9. The van der Waals surface area contributed by atoms with Crippen molar-refractivity contribution in [3.63, 3.8) is 0 Å². The van der Waals surface area contributed by atoms with Gasteiger partial charge in [-0.3, -0.25) is 4.79 Å². The Balaban J connectivity index is 2.00. The molecule has 0 spiro atoms. The summed E-state index contributed by atoms with van der Waals surface area (Å²) in [5, 5.41) is 2.86. The second kappa shape index (κ2) is 5.71. The van der Waals surface area contributed by atoms with Gasteiger partial charge in [-0.15, -0.1) is 0 Å². The SMILES string of the molecule is Cc1cc(Br)c(NC(=O)CC2CCCO2)cc1N. The Hall–Kier alpha value is -1.07. The molecular formula is C13H17BrN2O2. The van der Waals surface area contributed by atoms with Gasteiger partial charge in [-0.2, -0.15) is 0 Å². The Bertz CT molecular complexity index is 457. The molecule has 98 valence electrons. The van der Waals surface area contributed by atoms with Crippen LogP contribution in [0.15, 0.2) is 16.6 Å². The van der Waals surface area contributed by atoms with Crippen LogP contribution in [0.2, 0.25) is 0 Å². The van der Waals surface area contributed by atoms with Gasteiger partial charge in [0.1, 0.15) is 0 Å². The average molecular weight is 313 g/mol. The molecule has 1 aromatic rings. The minimum atomic E-state index is -0.0362. The maximum Gasteiger partial charge on any atom is 0.227 e. The van der Waals surface area contributed by atoms with Gasteiger partial charge in [-0.05, 0) is 53.4 Å². The molecule has 0 saturated carbocycles. The Kier molecular flexibility index (Phi) is 4.24. The molecule has 18 heavy (non-hydrogen) atoms. The van der Waals surface area contributed by atoms with Gasteiger partial charge in [0.05, 0.1) is 18.2 Å². The number of hydrogen-bond donors (Lipinski definition) is 2. The van der Waals surface area contributed by atoms with Gasteiger partial charge < -0.3 is 15.8 Å². The van der Waals surface area contributed by atoms with Crippen molar-refractivity contribution in [3.8, 4) is 0 Å². The number of benzene rings is 1. The van der Waals surface area contributed by atoms with Crippen molar-refractivity contribution in [2.24, 2.45) is 0 Å². The third-order valence-electron chi connectivity index (χ3n) is 3.07. The molecule has 0 aliphatic carbocycles.